The first kappa shape index (κ1) is 27.7. The predicted octanol–water partition coefficient (Wildman–Crippen LogP) is 6.54. The van der Waals surface area contributed by atoms with Gasteiger partial charge in [-0.05, 0) is 99.4 Å². The number of hydrogen-bond acceptors (Lipinski definition) is 3. The maximum absolute atomic E-state index is 13.1. The molecule has 4 saturated carbocycles. The summed E-state index contributed by atoms with van der Waals surface area (Å²) in [4.78, 5) is 0. The monoisotopic (exact) mass is 522 g/mol. The molecule has 204 valence electrons. The molecule has 0 aliphatic heterocycles. The van der Waals surface area contributed by atoms with Gasteiger partial charge in [0, 0.05) is 0 Å². The number of aliphatic hydroxyl groups excluding tert-OH is 2. The van der Waals surface area contributed by atoms with Crippen molar-refractivity contribution in [2.75, 3.05) is 0 Å². The van der Waals surface area contributed by atoms with E-state index in [0.29, 0.717) is 25.2 Å². The van der Waals surface area contributed by atoms with Gasteiger partial charge in [-0.2, -0.15) is 26.3 Å². The van der Waals surface area contributed by atoms with Gasteiger partial charge < -0.3 is 15.3 Å². The lowest BCUT2D eigenvalue weighted by Crippen LogP contribution is -2.55. The lowest BCUT2D eigenvalue weighted by Gasteiger charge is -2.45. The molecule has 0 bridgehead atoms. The maximum Gasteiger partial charge on any atom is 0.429 e. The van der Waals surface area contributed by atoms with Gasteiger partial charge >= 0.3 is 12.4 Å². The van der Waals surface area contributed by atoms with Crippen LogP contribution in [0.5, 0.6) is 0 Å². The molecule has 0 aromatic carbocycles. The highest BCUT2D eigenvalue weighted by molar-refractivity contribution is 5.27. The van der Waals surface area contributed by atoms with Crippen molar-refractivity contribution in [3.05, 3.63) is 35.5 Å². The van der Waals surface area contributed by atoms with Crippen molar-refractivity contribution in [2.24, 2.45) is 22.7 Å². The van der Waals surface area contributed by atoms with Crippen molar-refractivity contribution < 1.29 is 41.7 Å². The van der Waals surface area contributed by atoms with Crippen molar-refractivity contribution in [3.8, 4) is 0 Å². The first-order valence-corrected chi connectivity index (χ1v) is 12.9. The third-order valence-electron chi connectivity index (χ3n) is 9.42. The van der Waals surface area contributed by atoms with Crippen LogP contribution < -0.4 is 0 Å². The fourth-order valence-corrected chi connectivity index (χ4v) is 7.45. The Morgan fingerprint density at radius 2 is 1.53 bits per heavy atom. The third-order valence-corrected chi connectivity index (χ3v) is 9.42. The highest BCUT2D eigenvalue weighted by Crippen LogP contribution is 2.69. The van der Waals surface area contributed by atoms with Crippen molar-refractivity contribution >= 4 is 0 Å². The number of allylic oxidation sites excluding steroid dienone is 4. The average molecular weight is 523 g/mol. The molecular formula is C27H36F6O3. The molecule has 0 amide bonds. The smallest absolute Gasteiger partial charge is 0.393 e. The molecular weight excluding hydrogens is 486 g/mol. The first-order valence-electron chi connectivity index (χ1n) is 12.9. The zero-order chi connectivity index (χ0) is 26.6. The number of halogens is 6. The SMILES string of the molecule is C[C@]12CCC/C(=C\C=C3CC(O)C[C@H](O)C3)C1CCC2C1(C/C=C\C(O)(C(F)(F)F)C(F)(F)F)CC1. The van der Waals surface area contributed by atoms with Crippen molar-refractivity contribution in [2.45, 2.75) is 108 Å². The molecule has 4 aliphatic carbocycles. The van der Waals surface area contributed by atoms with E-state index in [4.69, 9.17) is 0 Å². The Morgan fingerprint density at radius 3 is 2.08 bits per heavy atom. The van der Waals surface area contributed by atoms with Gasteiger partial charge in [-0.1, -0.05) is 36.3 Å². The molecule has 4 aliphatic rings. The molecule has 4 fully saturated rings. The van der Waals surface area contributed by atoms with E-state index in [1.54, 1.807) is 0 Å². The van der Waals surface area contributed by atoms with Gasteiger partial charge in [0.2, 0.25) is 0 Å². The van der Waals surface area contributed by atoms with Crippen LogP contribution >= 0.6 is 0 Å². The van der Waals surface area contributed by atoms with E-state index < -0.39 is 30.2 Å². The number of fused-ring (bicyclic) bond motifs is 1. The Balaban J connectivity index is 1.50. The molecule has 9 heteroatoms. The van der Waals surface area contributed by atoms with E-state index in [9.17, 15) is 41.7 Å². The molecule has 0 heterocycles. The van der Waals surface area contributed by atoms with E-state index in [-0.39, 0.29) is 29.2 Å². The summed E-state index contributed by atoms with van der Waals surface area (Å²) in [6.07, 6.45) is -0.0501. The van der Waals surface area contributed by atoms with Gasteiger partial charge in [0.25, 0.3) is 5.60 Å². The van der Waals surface area contributed by atoms with Crippen LogP contribution in [0.1, 0.15) is 77.6 Å². The van der Waals surface area contributed by atoms with Gasteiger partial charge in [-0.15, -0.1) is 0 Å². The lowest BCUT2D eigenvalue weighted by molar-refractivity contribution is -0.347. The predicted molar refractivity (Wildman–Crippen MR) is 123 cm³/mol. The van der Waals surface area contributed by atoms with Crippen molar-refractivity contribution in [1.82, 2.24) is 0 Å². The molecule has 5 atom stereocenters. The van der Waals surface area contributed by atoms with Crippen LogP contribution in [0.2, 0.25) is 0 Å². The van der Waals surface area contributed by atoms with Gasteiger partial charge in [-0.3, -0.25) is 0 Å². The molecule has 0 aromatic rings. The third kappa shape index (κ3) is 5.04. The molecule has 0 spiro atoms. The quantitative estimate of drug-likeness (QED) is 0.284. The van der Waals surface area contributed by atoms with E-state index in [0.717, 1.165) is 56.6 Å². The summed E-state index contributed by atoms with van der Waals surface area (Å²) in [5.41, 5.74) is -2.92. The number of aliphatic hydroxyl groups is 3. The second-order valence-electron chi connectivity index (χ2n) is 11.8. The molecule has 4 rings (SSSR count). The highest BCUT2D eigenvalue weighted by atomic mass is 19.4. The Hall–Kier alpha value is -1.32. The Labute approximate surface area is 208 Å². The Kier molecular flexibility index (Phi) is 7.28. The molecule has 3 unspecified atom stereocenters. The zero-order valence-electron chi connectivity index (χ0n) is 20.5. The minimum atomic E-state index is -5.84. The summed E-state index contributed by atoms with van der Waals surface area (Å²) in [6, 6.07) is 0. The van der Waals surface area contributed by atoms with Gasteiger partial charge in [0.05, 0.1) is 12.2 Å². The summed E-state index contributed by atoms with van der Waals surface area (Å²) in [6.45, 7) is 2.22. The molecule has 3 nitrogen and oxygen atoms in total. The lowest BCUT2D eigenvalue weighted by atomic mass is 9.59. The number of alkyl halides is 6. The zero-order valence-corrected chi connectivity index (χ0v) is 20.5. The Bertz CT molecular complexity index is 887. The topological polar surface area (TPSA) is 60.7 Å². The van der Waals surface area contributed by atoms with E-state index in [1.807, 2.05) is 6.08 Å². The number of hydrogen-bond donors (Lipinski definition) is 3. The fraction of sp³-hybridized carbons (Fsp3) is 0.778. The highest BCUT2D eigenvalue weighted by Gasteiger charge is 2.69. The van der Waals surface area contributed by atoms with Crippen LogP contribution in [0.15, 0.2) is 35.5 Å². The second-order valence-corrected chi connectivity index (χ2v) is 11.8. The van der Waals surface area contributed by atoms with Crippen molar-refractivity contribution in [3.63, 3.8) is 0 Å². The van der Waals surface area contributed by atoms with Crippen molar-refractivity contribution in [1.29, 1.82) is 0 Å². The van der Waals surface area contributed by atoms with E-state index in [1.165, 1.54) is 5.57 Å². The summed E-state index contributed by atoms with van der Waals surface area (Å²) in [5.74, 6) is 0.495. The second kappa shape index (κ2) is 9.45. The minimum absolute atomic E-state index is 0.0805. The Morgan fingerprint density at radius 1 is 0.917 bits per heavy atom. The summed E-state index contributed by atoms with van der Waals surface area (Å²) >= 11 is 0. The fourth-order valence-electron chi connectivity index (χ4n) is 7.45. The van der Waals surface area contributed by atoms with E-state index >= 15 is 0 Å². The average Bonchev–Trinajstić information content (AvgIpc) is 3.42. The molecule has 0 saturated heterocycles. The maximum atomic E-state index is 13.1. The summed E-state index contributed by atoms with van der Waals surface area (Å²) < 4.78 is 78.3. The first-order chi connectivity index (χ1) is 16.6. The molecule has 36 heavy (non-hydrogen) atoms. The summed E-state index contributed by atoms with van der Waals surface area (Å²) in [5, 5.41) is 29.4. The standard InChI is InChI=1S/C27H36F6O3/c1-23-9-2-4-18(6-5-17-14-19(34)16-20(35)15-17)21(23)7-8-22(23)24(12-13-24)10-3-11-25(36,26(28,29)30)27(31,32)33/h3,5-6,11,19-22,34-36H,2,4,7-10,12-16H2,1H3/b11-3-,17-5?,18-6+/t19-,20?,21?,22?,23+/m1/s1. The van der Waals surface area contributed by atoms with Crippen LogP contribution in [0, 0.1) is 22.7 Å². The van der Waals surface area contributed by atoms with Gasteiger partial charge in [-0.25, -0.2) is 0 Å². The molecule has 0 aromatic heterocycles. The molecule has 0 radical (unpaired) electrons. The minimum Gasteiger partial charge on any atom is -0.393 e. The van der Waals surface area contributed by atoms with E-state index in [2.05, 4.69) is 13.0 Å². The largest absolute Gasteiger partial charge is 0.429 e. The van der Waals surface area contributed by atoms with Crippen LogP contribution in [0.25, 0.3) is 0 Å². The van der Waals surface area contributed by atoms with Crippen LogP contribution in [-0.2, 0) is 0 Å². The number of rotatable bonds is 5. The van der Waals surface area contributed by atoms with Crippen LogP contribution in [-0.4, -0.2) is 45.5 Å². The van der Waals surface area contributed by atoms with Gasteiger partial charge in [0.1, 0.15) is 0 Å². The molecule has 3 N–H and O–H groups in total. The normalized spacial score (nSPS) is 37.6. The van der Waals surface area contributed by atoms with Crippen LogP contribution in [0.4, 0.5) is 26.3 Å². The van der Waals surface area contributed by atoms with Gasteiger partial charge in [0.15, 0.2) is 0 Å². The van der Waals surface area contributed by atoms with Crippen LogP contribution in [0.3, 0.4) is 0 Å². The summed E-state index contributed by atoms with van der Waals surface area (Å²) in [7, 11) is 0.